The van der Waals surface area contributed by atoms with Crippen LogP contribution in [-0.4, -0.2) is 20.8 Å². The van der Waals surface area contributed by atoms with Crippen LogP contribution in [0.25, 0.3) is 0 Å². The Kier molecular flexibility index (Phi) is 4.62. The topological polar surface area (TPSA) is 44.5 Å². The van der Waals surface area contributed by atoms with Gasteiger partial charge in [-0.3, -0.25) is 0 Å². The fraction of sp³-hybridized carbons (Fsp3) is 0.538. The van der Waals surface area contributed by atoms with E-state index in [9.17, 15) is 0 Å². The Morgan fingerprint density at radius 2 is 1.75 bits per heavy atom. The highest BCUT2D eigenvalue weighted by molar-refractivity contribution is 5.48. The summed E-state index contributed by atoms with van der Waals surface area (Å²) in [4.78, 5) is 0. The van der Waals surface area contributed by atoms with Gasteiger partial charge in [0.1, 0.15) is 0 Å². The van der Waals surface area contributed by atoms with E-state index >= 15 is 0 Å². The van der Waals surface area contributed by atoms with Gasteiger partial charge in [0, 0.05) is 0 Å². The van der Waals surface area contributed by atoms with E-state index in [0.717, 1.165) is 17.9 Å². The van der Waals surface area contributed by atoms with Crippen molar-refractivity contribution in [3.8, 4) is 11.5 Å². The first-order valence-corrected chi connectivity index (χ1v) is 5.56. The number of methoxy groups -OCH3 is 2. The lowest BCUT2D eigenvalue weighted by Crippen LogP contribution is -2.06. The highest BCUT2D eigenvalue weighted by atomic mass is 16.5. The maximum absolute atomic E-state index is 5.59. The first-order valence-electron chi connectivity index (χ1n) is 5.56. The van der Waals surface area contributed by atoms with Crippen molar-refractivity contribution >= 4 is 0 Å². The Morgan fingerprint density at radius 3 is 2.25 bits per heavy atom. The molecule has 1 atom stereocenters. The summed E-state index contributed by atoms with van der Waals surface area (Å²) in [7, 11) is 3.31. The van der Waals surface area contributed by atoms with Gasteiger partial charge in [0.15, 0.2) is 11.5 Å². The van der Waals surface area contributed by atoms with Crippen LogP contribution in [0, 0.1) is 6.92 Å². The number of nitrogens with two attached hydrogens (primary N) is 1. The van der Waals surface area contributed by atoms with Crippen LogP contribution in [0.15, 0.2) is 12.1 Å². The summed E-state index contributed by atoms with van der Waals surface area (Å²) >= 11 is 0. The van der Waals surface area contributed by atoms with E-state index in [1.54, 1.807) is 14.2 Å². The van der Waals surface area contributed by atoms with E-state index in [0.29, 0.717) is 12.5 Å². The highest BCUT2D eigenvalue weighted by Crippen LogP contribution is 2.34. The van der Waals surface area contributed by atoms with Gasteiger partial charge in [0.25, 0.3) is 0 Å². The number of ether oxygens (including phenoxy) is 2. The molecule has 0 amide bonds. The molecule has 0 heterocycles. The van der Waals surface area contributed by atoms with Crippen LogP contribution in [0.5, 0.6) is 11.5 Å². The van der Waals surface area contributed by atoms with Gasteiger partial charge in [0.05, 0.1) is 14.2 Å². The fourth-order valence-corrected chi connectivity index (χ4v) is 1.93. The minimum atomic E-state index is 0.449. The third-order valence-electron chi connectivity index (χ3n) is 2.90. The van der Waals surface area contributed by atoms with E-state index in [1.807, 2.05) is 6.07 Å². The first-order chi connectivity index (χ1) is 7.63. The van der Waals surface area contributed by atoms with Crippen molar-refractivity contribution in [2.75, 3.05) is 20.8 Å². The van der Waals surface area contributed by atoms with Gasteiger partial charge in [-0.15, -0.1) is 0 Å². The van der Waals surface area contributed by atoms with E-state index in [-0.39, 0.29) is 0 Å². The van der Waals surface area contributed by atoms with Gasteiger partial charge >= 0.3 is 0 Å². The second-order valence-corrected chi connectivity index (χ2v) is 4.04. The second kappa shape index (κ2) is 5.75. The Bertz CT molecular complexity index is 350. The molecule has 3 heteroatoms. The van der Waals surface area contributed by atoms with Crippen molar-refractivity contribution in [3.05, 3.63) is 23.3 Å². The molecule has 0 fully saturated rings. The Hall–Kier alpha value is -1.22. The molecule has 3 nitrogen and oxygen atoms in total. The zero-order valence-electron chi connectivity index (χ0n) is 10.5. The van der Waals surface area contributed by atoms with Gasteiger partial charge < -0.3 is 15.2 Å². The minimum absolute atomic E-state index is 0.449. The van der Waals surface area contributed by atoms with Gasteiger partial charge in [0.2, 0.25) is 0 Å². The molecule has 0 saturated carbocycles. The van der Waals surface area contributed by atoms with Gasteiger partial charge in [-0.1, -0.05) is 6.92 Å². The van der Waals surface area contributed by atoms with Gasteiger partial charge in [-0.05, 0) is 49.1 Å². The summed E-state index contributed by atoms with van der Waals surface area (Å²) < 4.78 is 10.6. The highest BCUT2D eigenvalue weighted by Gasteiger charge is 2.13. The molecule has 1 aromatic rings. The zero-order chi connectivity index (χ0) is 12.1. The standard InChI is InChI=1S/C13H21NO2/c1-9(5-6-14)11-8-13(16-4)12(15-3)7-10(11)2/h7-9H,5-6,14H2,1-4H3. The molecule has 16 heavy (non-hydrogen) atoms. The molecule has 2 N–H and O–H groups in total. The summed E-state index contributed by atoms with van der Waals surface area (Å²) in [5.74, 6) is 2.01. The van der Waals surface area contributed by atoms with Crippen LogP contribution in [-0.2, 0) is 0 Å². The molecule has 0 radical (unpaired) electrons. The van der Waals surface area contributed by atoms with Crippen LogP contribution < -0.4 is 15.2 Å². The first kappa shape index (κ1) is 12.8. The summed E-state index contributed by atoms with van der Waals surface area (Å²) in [5.41, 5.74) is 8.09. The summed E-state index contributed by atoms with van der Waals surface area (Å²) in [5, 5.41) is 0. The van der Waals surface area contributed by atoms with Crippen LogP contribution >= 0.6 is 0 Å². The molecular formula is C13H21NO2. The molecule has 90 valence electrons. The summed E-state index contributed by atoms with van der Waals surface area (Å²) in [6, 6.07) is 4.07. The van der Waals surface area contributed by atoms with Crippen molar-refractivity contribution in [1.82, 2.24) is 0 Å². The molecule has 0 spiro atoms. The molecule has 0 aliphatic heterocycles. The van der Waals surface area contributed by atoms with E-state index < -0.39 is 0 Å². The Morgan fingerprint density at radius 1 is 1.19 bits per heavy atom. The zero-order valence-corrected chi connectivity index (χ0v) is 10.5. The van der Waals surface area contributed by atoms with Crippen molar-refractivity contribution in [2.45, 2.75) is 26.2 Å². The monoisotopic (exact) mass is 223 g/mol. The predicted molar refractivity (Wildman–Crippen MR) is 66.4 cm³/mol. The van der Waals surface area contributed by atoms with Gasteiger partial charge in [-0.2, -0.15) is 0 Å². The third kappa shape index (κ3) is 2.67. The van der Waals surface area contributed by atoms with E-state index in [2.05, 4.69) is 19.9 Å². The van der Waals surface area contributed by atoms with Crippen molar-refractivity contribution in [2.24, 2.45) is 5.73 Å². The quantitative estimate of drug-likeness (QED) is 0.834. The number of rotatable bonds is 5. The molecule has 0 aliphatic carbocycles. The van der Waals surface area contributed by atoms with Crippen LogP contribution in [0.3, 0.4) is 0 Å². The number of hydrogen-bond donors (Lipinski definition) is 1. The Balaban J connectivity index is 3.10. The molecule has 1 aromatic carbocycles. The molecule has 0 aromatic heterocycles. The van der Waals surface area contributed by atoms with Crippen LogP contribution in [0.1, 0.15) is 30.4 Å². The second-order valence-electron chi connectivity index (χ2n) is 4.04. The molecule has 0 aliphatic rings. The third-order valence-corrected chi connectivity index (χ3v) is 2.90. The lowest BCUT2D eigenvalue weighted by atomic mass is 9.93. The fourth-order valence-electron chi connectivity index (χ4n) is 1.93. The maximum Gasteiger partial charge on any atom is 0.161 e. The SMILES string of the molecule is COc1cc(C)c(C(C)CCN)cc1OC. The smallest absolute Gasteiger partial charge is 0.161 e. The largest absolute Gasteiger partial charge is 0.493 e. The van der Waals surface area contributed by atoms with Crippen molar-refractivity contribution < 1.29 is 9.47 Å². The summed E-state index contributed by atoms with van der Waals surface area (Å²) in [6.45, 7) is 4.97. The lowest BCUT2D eigenvalue weighted by molar-refractivity contribution is 0.354. The van der Waals surface area contributed by atoms with E-state index in [4.69, 9.17) is 15.2 Å². The molecule has 1 rings (SSSR count). The number of benzene rings is 1. The minimum Gasteiger partial charge on any atom is -0.493 e. The lowest BCUT2D eigenvalue weighted by Gasteiger charge is -2.17. The normalized spacial score (nSPS) is 12.3. The summed E-state index contributed by atoms with van der Waals surface area (Å²) in [6.07, 6.45) is 0.982. The number of aryl methyl sites for hydroxylation is 1. The van der Waals surface area contributed by atoms with Crippen LogP contribution in [0.4, 0.5) is 0 Å². The molecule has 1 unspecified atom stereocenters. The van der Waals surface area contributed by atoms with Crippen molar-refractivity contribution in [1.29, 1.82) is 0 Å². The number of hydrogen-bond acceptors (Lipinski definition) is 3. The van der Waals surface area contributed by atoms with E-state index in [1.165, 1.54) is 11.1 Å². The average Bonchev–Trinajstić information content (AvgIpc) is 2.28. The van der Waals surface area contributed by atoms with Gasteiger partial charge in [-0.25, -0.2) is 0 Å². The molecular weight excluding hydrogens is 202 g/mol. The van der Waals surface area contributed by atoms with Crippen LogP contribution in [0.2, 0.25) is 0 Å². The maximum atomic E-state index is 5.59. The Labute approximate surface area is 97.6 Å². The van der Waals surface area contributed by atoms with Crippen molar-refractivity contribution in [3.63, 3.8) is 0 Å². The average molecular weight is 223 g/mol. The molecule has 0 saturated heterocycles. The molecule has 0 bridgehead atoms. The predicted octanol–water partition coefficient (Wildman–Crippen LogP) is 2.46.